The Morgan fingerprint density at radius 3 is 2.73 bits per heavy atom. The van der Waals surface area contributed by atoms with Crippen LogP contribution >= 0.6 is 0 Å². The van der Waals surface area contributed by atoms with E-state index >= 15 is 0 Å². The first-order chi connectivity index (χ1) is 12.4. The number of aromatic nitrogens is 1. The van der Waals surface area contributed by atoms with Crippen molar-refractivity contribution in [2.24, 2.45) is 16.8 Å². The molecule has 1 fully saturated rings. The van der Waals surface area contributed by atoms with Gasteiger partial charge in [0.15, 0.2) is 0 Å². The van der Waals surface area contributed by atoms with Crippen molar-refractivity contribution in [1.82, 2.24) is 4.98 Å². The van der Waals surface area contributed by atoms with Crippen molar-refractivity contribution in [1.29, 1.82) is 0 Å². The molecule has 3 rings (SSSR count). The maximum atomic E-state index is 12.1. The van der Waals surface area contributed by atoms with Crippen LogP contribution in [0.1, 0.15) is 52.9 Å². The van der Waals surface area contributed by atoms with Gasteiger partial charge in [0.1, 0.15) is 11.9 Å². The van der Waals surface area contributed by atoms with E-state index in [0.29, 0.717) is 23.4 Å². The number of fused-ring (bicyclic) bond motifs is 1. The second-order valence-electron chi connectivity index (χ2n) is 7.38. The molecule has 1 saturated carbocycles. The van der Waals surface area contributed by atoms with Gasteiger partial charge >= 0.3 is 7.12 Å². The molecule has 1 aromatic heterocycles. The van der Waals surface area contributed by atoms with E-state index in [1.54, 1.807) is 6.07 Å². The first-order valence-electron chi connectivity index (χ1n) is 9.57. The standard InChI is InChI=1S/C19H27BN2O4/c1-4-12-8-13(9-17(12)23)11(3)26-19-15-7-6-14(5-2)21-16(15)10-18(22-19)20(24)25/h7,10-14,24-25H,4-6,8-9H2,1-3H3. The summed E-state index contributed by atoms with van der Waals surface area (Å²) in [7, 11) is -1.67. The van der Waals surface area contributed by atoms with Gasteiger partial charge in [-0.15, -0.1) is 0 Å². The van der Waals surface area contributed by atoms with Crippen LogP contribution in [0.15, 0.2) is 11.1 Å². The molecule has 1 aliphatic carbocycles. The molecule has 4 atom stereocenters. The van der Waals surface area contributed by atoms with Crippen LogP contribution in [0.3, 0.4) is 0 Å². The Kier molecular flexibility index (Phi) is 5.78. The van der Waals surface area contributed by atoms with Crippen molar-refractivity contribution in [3.63, 3.8) is 0 Å². The normalized spacial score (nSPS) is 25.9. The fraction of sp³-hybridized carbons (Fsp3) is 0.632. The number of hydrogen-bond acceptors (Lipinski definition) is 6. The Balaban J connectivity index is 1.90. The van der Waals surface area contributed by atoms with E-state index in [-0.39, 0.29) is 29.6 Å². The maximum absolute atomic E-state index is 12.1. The Morgan fingerprint density at radius 2 is 2.12 bits per heavy atom. The number of nitrogens with zero attached hydrogens (tertiary/aromatic N) is 2. The molecule has 6 nitrogen and oxygen atoms in total. The zero-order valence-corrected chi connectivity index (χ0v) is 15.7. The molecule has 0 aromatic carbocycles. The average molecular weight is 358 g/mol. The highest BCUT2D eigenvalue weighted by molar-refractivity contribution is 6.57. The Bertz CT molecular complexity index is 795. The minimum absolute atomic E-state index is 0.130. The number of carbonyl (C=O) groups is 1. The number of rotatable bonds is 6. The minimum atomic E-state index is -1.67. The highest BCUT2D eigenvalue weighted by atomic mass is 16.5. The lowest BCUT2D eigenvalue weighted by Gasteiger charge is -2.22. The lowest BCUT2D eigenvalue weighted by atomic mass is 9.85. The van der Waals surface area contributed by atoms with Crippen molar-refractivity contribution in [2.45, 2.75) is 65.0 Å². The SMILES string of the molecule is CCC1CC=c2c(OC(C)C3CC(=O)C(CC)C3)nc(B(O)O)cc2=N1. The highest BCUT2D eigenvalue weighted by Gasteiger charge is 2.35. The highest BCUT2D eigenvalue weighted by Crippen LogP contribution is 2.33. The summed E-state index contributed by atoms with van der Waals surface area (Å²) in [4.78, 5) is 21.0. The van der Waals surface area contributed by atoms with Gasteiger partial charge in [-0.2, -0.15) is 0 Å². The van der Waals surface area contributed by atoms with E-state index in [4.69, 9.17) is 4.74 Å². The fourth-order valence-corrected chi connectivity index (χ4v) is 3.85. The number of Topliss-reactive ketones (excluding diaryl/α,β-unsaturated/α-hetero) is 1. The lowest BCUT2D eigenvalue weighted by molar-refractivity contribution is -0.121. The van der Waals surface area contributed by atoms with Crippen molar-refractivity contribution < 1.29 is 19.6 Å². The average Bonchev–Trinajstić information content (AvgIpc) is 3.01. The van der Waals surface area contributed by atoms with E-state index in [1.165, 1.54) is 0 Å². The third-order valence-corrected chi connectivity index (χ3v) is 5.63. The smallest absolute Gasteiger partial charge is 0.474 e. The van der Waals surface area contributed by atoms with Gasteiger partial charge in [0.25, 0.3) is 0 Å². The number of carbonyl (C=O) groups excluding carboxylic acids is 1. The number of pyridine rings is 1. The Labute approximate surface area is 154 Å². The summed E-state index contributed by atoms with van der Waals surface area (Å²) < 4.78 is 6.12. The molecule has 1 aliphatic heterocycles. The van der Waals surface area contributed by atoms with Crippen molar-refractivity contribution in [3.05, 3.63) is 16.6 Å². The molecule has 0 amide bonds. The van der Waals surface area contributed by atoms with Gasteiger partial charge in [0.05, 0.1) is 22.2 Å². The Morgan fingerprint density at radius 1 is 1.35 bits per heavy atom. The molecule has 26 heavy (non-hydrogen) atoms. The van der Waals surface area contributed by atoms with Crippen LogP contribution in [0.25, 0.3) is 6.08 Å². The van der Waals surface area contributed by atoms with E-state index in [0.717, 1.165) is 30.9 Å². The fourth-order valence-electron chi connectivity index (χ4n) is 3.85. The van der Waals surface area contributed by atoms with Gasteiger partial charge in [0, 0.05) is 18.3 Å². The summed E-state index contributed by atoms with van der Waals surface area (Å²) in [5.41, 5.74) is 0.133. The molecule has 4 unspecified atom stereocenters. The van der Waals surface area contributed by atoms with Crippen LogP contribution in [0.5, 0.6) is 5.88 Å². The van der Waals surface area contributed by atoms with Gasteiger partial charge in [-0.05, 0) is 38.7 Å². The molecule has 2 heterocycles. The van der Waals surface area contributed by atoms with Crippen LogP contribution < -0.4 is 20.9 Å². The molecule has 140 valence electrons. The van der Waals surface area contributed by atoms with Gasteiger partial charge in [-0.25, -0.2) is 4.98 Å². The number of hydrogen-bond donors (Lipinski definition) is 2. The lowest BCUT2D eigenvalue weighted by Crippen LogP contribution is -2.44. The van der Waals surface area contributed by atoms with E-state index in [2.05, 4.69) is 23.0 Å². The summed E-state index contributed by atoms with van der Waals surface area (Å²) in [6, 6.07) is 1.80. The topological polar surface area (TPSA) is 92.0 Å². The molecule has 2 N–H and O–H groups in total. The summed E-state index contributed by atoms with van der Waals surface area (Å²) in [5.74, 6) is 0.987. The first-order valence-corrected chi connectivity index (χ1v) is 9.57. The van der Waals surface area contributed by atoms with Crippen LogP contribution in [0.2, 0.25) is 0 Å². The largest absolute Gasteiger partial charge is 0.508 e. The second kappa shape index (κ2) is 7.88. The van der Waals surface area contributed by atoms with E-state index < -0.39 is 7.12 Å². The first kappa shape index (κ1) is 19.0. The molecule has 2 aliphatic rings. The number of ether oxygens (including phenoxy) is 1. The van der Waals surface area contributed by atoms with Crippen LogP contribution in [-0.2, 0) is 4.79 Å². The zero-order chi connectivity index (χ0) is 18.8. The predicted molar refractivity (Wildman–Crippen MR) is 99.6 cm³/mol. The van der Waals surface area contributed by atoms with Crippen molar-refractivity contribution >= 4 is 24.6 Å². The second-order valence-corrected chi connectivity index (χ2v) is 7.38. The van der Waals surface area contributed by atoms with E-state index in [1.807, 2.05) is 13.8 Å². The van der Waals surface area contributed by atoms with Gasteiger partial charge in [0.2, 0.25) is 5.88 Å². The molecule has 0 spiro atoms. The maximum Gasteiger partial charge on any atom is 0.508 e. The summed E-state index contributed by atoms with van der Waals surface area (Å²) in [5, 5.41) is 20.6. The van der Waals surface area contributed by atoms with Crippen molar-refractivity contribution in [2.75, 3.05) is 0 Å². The van der Waals surface area contributed by atoms with Crippen LogP contribution in [-0.4, -0.2) is 40.1 Å². The number of ketones is 1. The third-order valence-electron chi connectivity index (χ3n) is 5.63. The van der Waals surface area contributed by atoms with Crippen LogP contribution in [0, 0.1) is 11.8 Å². The quantitative estimate of drug-likeness (QED) is 0.705. The van der Waals surface area contributed by atoms with Gasteiger partial charge < -0.3 is 14.8 Å². The molecule has 1 aromatic rings. The van der Waals surface area contributed by atoms with Crippen molar-refractivity contribution in [3.8, 4) is 5.88 Å². The molecule has 0 bridgehead atoms. The van der Waals surface area contributed by atoms with E-state index in [9.17, 15) is 14.8 Å². The predicted octanol–water partition coefficient (Wildman–Crippen LogP) is 0.116. The van der Waals surface area contributed by atoms with Crippen LogP contribution in [0.4, 0.5) is 0 Å². The molecular weight excluding hydrogens is 331 g/mol. The van der Waals surface area contributed by atoms with Gasteiger partial charge in [-0.3, -0.25) is 9.79 Å². The monoisotopic (exact) mass is 358 g/mol. The Hall–Kier alpha value is -1.73. The summed E-state index contributed by atoms with van der Waals surface area (Å²) in [6.07, 6.45) is 5.88. The zero-order valence-electron chi connectivity index (χ0n) is 15.7. The minimum Gasteiger partial charge on any atom is -0.474 e. The molecule has 7 heteroatoms. The summed E-state index contributed by atoms with van der Waals surface area (Å²) >= 11 is 0. The third kappa shape index (κ3) is 3.83. The molecule has 0 radical (unpaired) electrons. The summed E-state index contributed by atoms with van der Waals surface area (Å²) in [6.45, 7) is 6.08. The molecule has 0 saturated heterocycles. The van der Waals surface area contributed by atoms with Gasteiger partial charge in [-0.1, -0.05) is 19.9 Å². The molecular formula is C19H27BN2O4.